The second kappa shape index (κ2) is 6.60. The van der Waals surface area contributed by atoms with Crippen molar-refractivity contribution < 1.29 is 0 Å². The fourth-order valence-electron chi connectivity index (χ4n) is 1.90. The van der Waals surface area contributed by atoms with Gasteiger partial charge in [0, 0.05) is 4.91 Å². The smallest absolute Gasteiger partial charge is 0.0646 e. The molecular formula is C18H14S2. The van der Waals surface area contributed by atoms with Crippen LogP contribution < -0.4 is 0 Å². The lowest BCUT2D eigenvalue weighted by Crippen LogP contribution is -1.80. The molecule has 3 aromatic rings. The van der Waals surface area contributed by atoms with E-state index >= 15 is 0 Å². The van der Waals surface area contributed by atoms with Gasteiger partial charge in [0.1, 0.15) is 0 Å². The van der Waals surface area contributed by atoms with Gasteiger partial charge in [-0.3, -0.25) is 0 Å². The van der Waals surface area contributed by atoms with Crippen LogP contribution in [0.4, 0.5) is 0 Å². The minimum atomic E-state index is 1.23. The zero-order chi connectivity index (χ0) is 13.6. The molecule has 0 amide bonds. The Hall–Kier alpha value is -1.77. The molecule has 20 heavy (non-hydrogen) atoms. The zero-order valence-corrected chi connectivity index (χ0v) is 12.5. The van der Waals surface area contributed by atoms with Crippen LogP contribution >= 0.6 is 23.1 Å². The maximum absolute atomic E-state index is 2.25. The summed E-state index contributed by atoms with van der Waals surface area (Å²) in [6.07, 6.45) is 2.25. The van der Waals surface area contributed by atoms with Crippen molar-refractivity contribution in [1.29, 1.82) is 0 Å². The van der Waals surface area contributed by atoms with Crippen molar-refractivity contribution in [2.24, 2.45) is 0 Å². The second-order valence-corrected chi connectivity index (χ2v) is 6.61. The molecule has 0 saturated carbocycles. The molecule has 0 atom stereocenters. The van der Waals surface area contributed by atoms with Gasteiger partial charge in [-0.1, -0.05) is 78.5 Å². The molecule has 1 aromatic heterocycles. The summed E-state index contributed by atoms with van der Waals surface area (Å²) in [4.78, 5) is 1.28. The average Bonchev–Trinajstić information content (AvgIpc) is 3.02. The van der Waals surface area contributed by atoms with Crippen molar-refractivity contribution in [1.82, 2.24) is 0 Å². The Labute approximate surface area is 127 Å². The van der Waals surface area contributed by atoms with Crippen LogP contribution in [0.3, 0.4) is 0 Å². The van der Waals surface area contributed by atoms with E-state index in [0.717, 1.165) is 0 Å². The van der Waals surface area contributed by atoms with Gasteiger partial charge < -0.3 is 0 Å². The Morgan fingerprint density at radius 1 is 0.800 bits per heavy atom. The van der Waals surface area contributed by atoms with Crippen molar-refractivity contribution in [2.45, 2.75) is 4.21 Å². The molecule has 3 rings (SSSR count). The van der Waals surface area contributed by atoms with Crippen LogP contribution in [0.15, 0.2) is 82.4 Å². The molecule has 0 nitrogen and oxygen atoms in total. The average molecular weight is 294 g/mol. The molecule has 2 heteroatoms. The first kappa shape index (κ1) is 13.2. The number of thiophene rings is 1. The van der Waals surface area contributed by atoms with Crippen LogP contribution in [0.25, 0.3) is 11.0 Å². The highest BCUT2D eigenvalue weighted by Crippen LogP contribution is 2.37. The number of thioether (sulfide) groups is 1. The second-order valence-electron chi connectivity index (χ2n) is 4.32. The molecule has 0 aliphatic carbocycles. The van der Waals surface area contributed by atoms with E-state index in [-0.39, 0.29) is 0 Å². The zero-order valence-electron chi connectivity index (χ0n) is 10.9. The maximum atomic E-state index is 2.25. The summed E-state index contributed by atoms with van der Waals surface area (Å²) in [7, 11) is 0. The van der Waals surface area contributed by atoms with E-state index in [0.29, 0.717) is 0 Å². The Morgan fingerprint density at radius 2 is 1.50 bits per heavy atom. The molecule has 0 spiro atoms. The monoisotopic (exact) mass is 294 g/mol. The standard InChI is InChI=1S/C18H14S2/c1-3-8-15(9-4-1)14-17(16-10-5-2-6-11-16)20-18-12-7-13-19-18/h1-14H/b17-14+. The van der Waals surface area contributed by atoms with Gasteiger partial charge in [0.05, 0.1) is 4.21 Å². The Balaban J connectivity index is 1.97. The van der Waals surface area contributed by atoms with Crippen LogP contribution in [0.1, 0.15) is 11.1 Å². The SMILES string of the molecule is C(=C(\Sc1cccs1)c1ccccc1)/c1ccccc1. The van der Waals surface area contributed by atoms with Crippen molar-refractivity contribution in [2.75, 3.05) is 0 Å². The molecule has 0 fully saturated rings. The minimum absolute atomic E-state index is 1.23. The highest BCUT2D eigenvalue weighted by Gasteiger charge is 2.05. The molecule has 0 N–H and O–H groups in total. The van der Waals surface area contributed by atoms with Gasteiger partial charge in [-0.05, 0) is 28.6 Å². The molecule has 0 radical (unpaired) electrons. The molecule has 98 valence electrons. The first-order chi connectivity index (χ1) is 9.92. The maximum Gasteiger partial charge on any atom is 0.0646 e. The van der Waals surface area contributed by atoms with Crippen LogP contribution in [-0.2, 0) is 0 Å². The van der Waals surface area contributed by atoms with Gasteiger partial charge in [0.25, 0.3) is 0 Å². The predicted molar refractivity (Wildman–Crippen MR) is 90.9 cm³/mol. The Bertz CT molecular complexity index is 668. The van der Waals surface area contributed by atoms with Crippen molar-refractivity contribution in [3.05, 3.63) is 89.3 Å². The summed E-state index contributed by atoms with van der Waals surface area (Å²) in [5, 5.41) is 2.12. The minimum Gasteiger partial charge on any atom is -0.137 e. The third-order valence-corrected chi connectivity index (χ3v) is 4.97. The summed E-state index contributed by atoms with van der Waals surface area (Å²) < 4.78 is 1.32. The molecule has 0 aliphatic rings. The van der Waals surface area contributed by atoms with Crippen LogP contribution in [-0.4, -0.2) is 0 Å². The largest absolute Gasteiger partial charge is 0.137 e. The van der Waals surface area contributed by atoms with Gasteiger partial charge in [-0.15, -0.1) is 11.3 Å². The lowest BCUT2D eigenvalue weighted by atomic mass is 10.1. The van der Waals surface area contributed by atoms with Crippen molar-refractivity contribution in [3.63, 3.8) is 0 Å². The Kier molecular flexibility index (Phi) is 4.36. The molecule has 0 aliphatic heterocycles. The molecular weight excluding hydrogens is 280 g/mol. The lowest BCUT2D eigenvalue weighted by molar-refractivity contribution is 1.63. The van der Waals surface area contributed by atoms with E-state index in [4.69, 9.17) is 0 Å². The van der Waals surface area contributed by atoms with Crippen LogP contribution in [0, 0.1) is 0 Å². The van der Waals surface area contributed by atoms with Gasteiger partial charge in [0.15, 0.2) is 0 Å². The summed E-state index contributed by atoms with van der Waals surface area (Å²) in [5.41, 5.74) is 2.49. The fraction of sp³-hybridized carbons (Fsp3) is 0. The van der Waals surface area contributed by atoms with Crippen molar-refractivity contribution in [3.8, 4) is 0 Å². The predicted octanol–water partition coefficient (Wildman–Crippen LogP) is 6.04. The molecule has 2 aromatic carbocycles. The molecule has 0 bridgehead atoms. The summed E-state index contributed by atoms with van der Waals surface area (Å²) in [5.74, 6) is 0. The third kappa shape index (κ3) is 3.41. The fourth-order valence-corrected chi connectivity index (χ4v) is 3.79. The number of hydrogen-bond donors (Lipinski definition) is 0. The lowest BCUT2D eigenvalue weighted by Gasteiger charge is -2.06. The van der Waals surface area contributed by atoms with E-state index in [2.05, 4.69) is 78.2 Å². The van der Waals surface area contributed by atoms with Crippen LogP contribution in [0.5, 0.6) is 0 Å². The highest BCUT2D eigenvalue weighted by atomic mass is 32.2. The quantitative estimate of drug-likeness (QED) is 0.417. The van der Waals surface area contributed by atoms with E-state index in [1.165, 1.54) is 20.2 Å². The number of rotatable bonds is 4. The topological polar surface area (TPSA) is 0 Å². The first-order valence-electron chi connectivity index (χ1n) is 6.45. The normalized spacial score (nSPS) is 11.5. The van der Waals surface area contributed by atoms with E-state index < -0.39 is 0 Å². The molecule has 1 heterocycles. The van der Waals surface area contributed by atoms with Gasteiger partial charge in [0.2, 0.25) is 0 Å². The number of hydrogen-bond acceptors (Lipinski definition) is 2. The summed E-state index contributed by atoms with van der Waals surface area (Å²) in [6.45, 7) is 0. The Morgan fingerprint density at radius 3 is 2.15 bits per heavy atom. The van der Waals surface area contributed by atoms with E-state index in [1.54, 1.807) is 11.3 Å². The first-order valence-corrected chi connectivity index (χ1v) is 8.15. The van der Waals surface area contributed by atoms with Gasteiger partial charge in [-0.2, -0.15) is 0 Å². The van der Waals surface area contributed by atoms with Gasteiger partial charge in [-0.25, -0.2) is 0 Å². The third-order valence-electron chi connectivity index (χ3n) is 2.86. The molecule has 0 unspecified atom stereocenters. The van der Waals surface area contributed by atoms with Crippen molar-refractivity contribution >= 4 is 34.1 Å². The van der Waals surface area contributed by atoms with E-state index in [9.17, 15) is 0 Å². The highest BCUT2D eigenvalue weighted by molar-refractivity contribution is 8.10. The number of benzene rings is 2. The van der Waals surface area contributed by atoms with Crippen LogP contribution in [0.2, 0.25) is 0 Å². The molecule has 0 saturated heterocycles. The van der Waals surface area contributed by atoms with E-state index in [1.807, 2.05) is 17.8 Å². The summed E-state index contributed by atoms with van der Waals surface area (Å²) in [6, 6.07) is 25.3. The van der Waals surface area contributed by atoms with Gasteiger partial charge >= 0.3 is 0 Å². The summed E-state index contributed by atoms with van der Waals surface area (Å²) >= 11 is 3.60.